The van der Waals surface area contributed by atoms with Gasteiger partial charge in [-0.05, 0) is 41.7 Å². The normalized spacial score (nSPS) is 12.2. The van der Waals surface area contributed by atoms with Gasteiger partial charge >= 0.3 is 0 Å². The van der Waals surface area contributed by atoms with Crippen LogP contribution in [0.3, 0.4) is 0 Å². The van der Waals surface area contributed by atoms with E-state index in [0.29, 0.717) is 12.1 Å². The van der Waals surface area contributed by atoms with Gasteiger partial charge in [0.15, 0.2) is 0 Å². The summed E-state index contributed by atoms with van der Waals surface area (Å²) in [5.41, 5.74) is 1.73. The molecule has 0 saturated carbocycles. The van der Waals surface area contributed by atoms with Gasteiger partial charge in [0, 0.05) is 23.4 Å². The highest BCUT2D eigenvalue weighted by molar-refractivity contribution is 9.10. The molecule has 0 saturated heterocycles. The SMILES string of the molecule is CN(C)[C@H](CNC(=O)c1cncc(Br)c1)c1ccccc1. The number of nitrogens with zero attached hydrogens (tertiary/aromatic N) is 2. The first-order chi connectivity index (χ1) is 10.1. The van der Waals surface area contributed by atoms with Crippen molar-refractivity contribution < 1.29 is 4.79 Å². The molecule has 0 radical (unpaired) electrons. The van der Waals surface area contributed by atoms with E-state index >= 15 is 0 Å². The van der Waals surface area contributed by atoms with Gasteiger partial charge in [0.2, 0.25) is 0 Å². The minimum absolute atomic E-state index is 0.119. The highest BCUT2D eigenvalue weighted by atomic mass is 79.9. The minimum Gasteiger partial charge on any atom is -0.350 e. The van der Waals surface area contributed by atoms with E-state index in [1.54, 1.807) is 18.5 Å². The number of aromatic nitrogens is 1. The van der Waals surface area contributed by atoms with Crippen LogP contribution in [0.5, 0.6) is 0 Å². The number of rotatable bonds is 5. The summed E-state index contributed by atoms with van der Waals surface area (Å²) >= 11 is 3.32. The lowest BCUT2D eigenvalue weighted by molar-refractivity contribution is 0.0941. The van der Waals surface area contributed by atoms with Gasteiger partial charge in [-0.15, -0.1) is 0 Å². The molecule has 2 rings (SSSR count). The van der Waals surface area contributed by atoms with Crippen molar-refractivity contribution in [1.29, 1.82) is 0 Å². The van der Waals surface area contributed by atoms with Crippen LogP contribution < -0.4 is 5.32 Å². The first-order valence-electron chi connectivity index (χ1n) is 6.68. The second-order valence-electron chi connectivity index (χ2n) is 4.99. The Morgan fingerprint density at radius 3 is 2.62 bits per heavy atom. The Kier molecular flexibility index (Phi) is 5.47. The van der Waals surface area contributed by atoms with Gasteiger partial charge in [-0.1, -0.05) is 30.3 Å². The van der Waals surface area contributed by atoms with Gasteiger partial charge in [-0.2, -0.15) is 0 Å². The van der Waals surface area contributed by atoms with Crippen molar-refractivity contribution >= 4 is 21.8 Å². The molecule has 5 heteroatoms. The summed E-state index contributed by atoms with van der Waals surface area (Å²) in [7, 11) is 4.01. The maximum atomic E-state index is 12.2. The van der Waals surface area contributed by atoms with Crippen molar-refractivity contribution in [2.24, 2.45) is 0 Å². The van der Waals surface area contributed by atoms with Gasteiger partial charge in [0.1, 0.15) is 0 Å². The molecule has 1 N–H and O–H groups in total. The Labute approximate surface area is 133 Å². The van der Waals surface area contributed by atoms with Gasteiger partial charge in [0.05, 0.1) is 11.6 Å². The number of hydrogen-bond donors (Lipinski definition) is 1. The molecule has 4 nitrogen and oxygen atoms in total. The number of halogens is 1. The Morgan fingerprint density at radius 2 is 2.00 bits per heavy atom. The number of benzene rings is 1. The highest BCUT2D eigenvalue weighted by Gasteiger charge is 2.15. The van der Waals surface area contributed by atoms with E-state index in [1.807, 2.05) is 32.3 Å². The molecule has 0 fully saturated rings. The minimum atomic E-state index is -0.119. The monoisotopic (exact) mass is 347 g/mol. The summed E-state index contributed by atoms with van der Waals surface area (Å²) in [5.74, 6) is -0.119. The van der Waals surface area contributed by atoms with Crippen molar-refractivity contribution in [3.63, 3.8) is 0 Å². The van der Waals surface area contributed by atoms with Crippen LogP contribution in [0.4, 0.5) is 0 Å². The molecule has 0 aliphatic heterocycles. The van der Waals surface area contributed by atoms with E-state index < -0.39 is 0 Å². The van der Waals surface area contributed by atoms with E-state index in [9.17, 15) is 4.79 Å². The molecule has 1 aromatic heterocycles. The maximum absolute atomic E-state index is 12.2. The van der Waals surface area contributed by atoms with Crippen LogP contribution in [0.25, 0.3) is 0 Å². The van der Waals surface area contributed by atoms with Crippen molar-refractivity contribution in [2.75, 3.05) is 20.6 Å². The first kappa shape index (κ1) is 15.7. The Bertz CT molecular complexity index is 601. The van der Waals surface area contributed by atoms with Crippen LogP contribution in [0.15, 0.2) is 53.3 Å². The molecule has 0 aliphatic carbocycles. The lowest BCUT2D eigenvalue weighted by atomic mass is 10.1. The molecule has 2 aromatic rings. The number of likely N-dealkylation sites (N-methyl/N-ethyl adjacent to an activating group) is 1. The van der Waals surface area contributed by atoms with Crippen molar-refractivity contribution in [3.8, 4) is 0 Å². The molecule has 21 heavy (non-hydrogen) atoms. The van der Waals surface area contributed by atoms with Crippen LogP contribution >= 0.6 is 15.9 Å². The third-order valence-corrected chi connectivity index (χ3v) is 3.66. The topological polar surface area (TPSA) is 45.2 Å². The molecule has 110 valence electrons. The second kappa shape index (κ2) is 7.33. The Balaban J connectivity index is 2.04. The average molecular weight is 348 g/mol. The number of carbonyl (C=O) groups excluding carboxylic acids is 1. The van der Waals surface area contributed by atoms with Crippen molar-refractivity contribution in [2.45, 2.75) is 6.04 Å². The fourth-order valence-electron chi connectivity index (χ4n) is 2.10. The first-order valence-corrected chi connectivity index (χ1v) is 7.47. The number of amides is 1. The fourth-order valence-corrected chi connectivity index (χ4v) is 2.47. The lowest BCUT2D eigenvalue weighted by Gasteiger charge is -2.25. The quantitative estimate of drug-likeness (QED) is 0.904. The zero-order chi connectivity index (χ0) is 15.2. The number of nitrogens with one attached hydrogen (secondary N) is 1. The van der Waals surface area contributed by atoms with Crippen molar-refractivity contribution in [1.82, 2.24) is 15.2 Å². The standard InChI is InChI=1S/C16H18BrN3O/c1-20(2)15(12-6-4-3-5-7-12)11-19-16(21)13-8-14(17)10-18-9-13/h3-10,15H,11H2,1-2H3,(H,19,21)/t15-/m1/s1. The smallest absolute Gasteiger partial charge is 0.252 e. The molecule has 0 spiro atoms. The van der Waals surface area contributed by atoms with Gasteiger partial charge < -0.3 is 10.2 Å². The predicted octanol–water partition coefficient (Wildman–Crippen LogP) is 2.88. The zero-order valence-electron chi connectivity index (χ0n) is 12.1. The fraction of sp³-hybridized carbons (Fsp3) is 0.250. The lowest BCUT2D eigenvalue weighted by Crippen LogP contribution is -2.34. The highest BCUT2D eigenvalue weighted by Crippen LogP contribution is 2.17. The van der Waals surface area contributed by atoms with Crippen LogP contribution in [-0.2, 0) is 0 Å². The number of hydrogen-bond acceptors (Lipinski definition) is 3. The van der Waals surface area contributed by atoms with Gasteiger partial charge in [-0.25, -0.2) is 0 Å². The molecular formula is C16H18BrN3O. The largest absolute Gasteiger partial charge is 0.350 e. The summed E-state index contributed by atoms with van der Waals surface area (Å²) in [6.07, 6.45) is 3.22. The van der Waals surface area contributed by atoms with Crippen LogP contribution in [0.2, 0.25) is 0 Å². The third-order valence-electron chi connectivity index (χ3n) is 3.23. The van der Waals surface area contributed by atoms with Crippen LogP contribution in [0, 0.1) is 0 Å². The van der Waals surface area contributed by atoms with E-state index in [4.69, 9.17) is 0 Å². The van der Waals surface area contributed by atoms with E-state index in [0.717, 1.165) is 4.47 Å². The van der Waals surface area contributed by atoms with E-state index in [1.165, 1.54) is 5.56 Å². The Hall–Kier alpha value is -1.72. The van der Waals surface area contributed by atoms with E-state index in [2.05, 4.69) is 43.3 Å². The molecular weight excluding hydrogens is 330 g/mol. The van der Waals surface area contributed by atoms with Crippen LogP contribution in [0.1, 0.15) is 22.0 Å². The Morgan fingerprint density at radius 1 is 1.29 bits per heavy atom. The number of pyridine rings is 1. The molecule has 1 aromatic carbocycles. The predicted molar refractivity (Wildman–Crippen MR) is 87.1 cm³/mol. The van der Waals surface area contributed by atoms with Crippen LogP contribution in [-0.4, -0.2) is 36.4 Å². The average Bonchev–Trinajstić information content (AvgIpc) is 2.48. The molecule has 0 bridgehead atoms. The molecule has 1 atom stereocenters. The summed E-state index contributed by atoms with van der Waals surface area (Å²) in [5, 5.41) is 2.96. The molecule has 1 heterocycles. The van der Waals surface area contributed by atoms with Gasteiger partial charge in [0.25, 0.3) is 5.91 Å². The van der Waals surface area contributed by atoms with E-state index in [-0.39, 0.29) is 11.9 Å². The summed E-state index contributed by atoms with van der Waals surface area (Å²) in [6.45, 7) is 0.544. The molecule has 0 aliphatic rings. The summed E-state index contributed by atoms with van der Waals surface area (Å²) in [6, 6.07) is 12.0. The second-order valence-corrected chi connectivity index (χ2v) is 5.91. The van der Waals surface area contributed by atoms with Gasteiger partial charge in [-0.3, -0.25) is 9.78 Å². The zero-order valence-corrected chi connectivity index (χ0v) is 13.7. The maximum Gasteiger partial charge on any atom is 0.252 e. The van der Waals surface area contributed by atoms with Crippen molar-refractivity contribution in [3.05, 3.63) is 64.4 Å². The summed E-state index contributed by atoms with van der Waals surface area (Å²) in [4.78, 5) is 18.3. The summed E-state index contributed by atoms with van der Waals surface area (Å²) < 4.78 is 0.794. The molecule has 0 unspecified atom stereocenters. The molecule has 1 amide bonds. The third kappa shape index (κ3) is 4.37. The number of carbonyl (C=O) groups is 1.